The van der Waals surface area contributed by atoms with Crippen LogP contribution in [0.2, 0.25) is 0 Å². The molecule has 1 aromatic carbocycles. The molecule has 1 fully saturated rings. The SMILES string of the molecule is CSc1nc(N2CCN(c3ccc(F)cc3)CC2)c2c3c(sc2n1)CCCC3. The van der Waals surface area contributed by atoms with Crippen molar-refractivity contribution in [2.45, 2.75) is 30.8 Å². The first-order valence-corrected chi connectivity index (χ1v) is 11.9. The van der Waals surface area contributed by atoms with Gasteiger partial charge in [-0.1, -0.05) is 11.8 Å². The third-order valence-corrected chi connectivity index (χ3v) is 7.46. The molecule has 0 saturated carbocycles. The van der Waals surface area contributed by atoms with Crippen molar-refractivity contribution >= 4 is 44.8 Å². The van der Waals surface area contributed by atoms with Gasteiger partial charge in [0.15, 0.2) is 5.16 Å². The lowest BCUT2D eigenvalue weighted by Gasteiger charge is -2.37. The average Bonchev–Trinajstić information content (AvgIpc) is 3.12. The van der Waals surface area contributed by atoms with Gasteiger partial charge in [-0.25, -0.2) is 14.4 Å². The van der Waals surface area contributed by atoms with Crippen LogP contribution in [0.4, 0.5) is 15.9 Å². The minimum Gasteiger partial charge on any atom is -0.368 e. The van der Waals surface area contributed by atoms with Gasteiger partial charge in [0.25, 0.3) is 0 Å². The molecule has 28 heavy (non-hydrogen) atoms. The number of aromatic nitrogens is 2. The number of nitrogens with zero attached hydrogens (tertiary/aromatic N) is 4. The van der Waals surface area contributed by atoms with Gasteiger partial charge in [0.1, 0.15) is 16.5 Å². The van der Waals surface area contributed by atoms with Crippen LogP contribution < -0.4 is 9.80 Å². The fourth-order valence-electron chi connectivity index (χ4n) is 4.27. The van der Waals surface area contributed by atoms with Gasteiger partial charge in [-0.05, 0) is 61.8 Å². The molecule has 0 spiro atoms. The van der Waals surface area contributed by atoms with Gasteiger partial charge in [-0.2, -0.15) is 0 Å². The zero-order valence-corrected chi connectivity index (χ0v) is 17.6. The summed E-state index contributed by atoms with van der Waals surface area (Å²) in [5.41, 5.74) is 2.58. The minimum atomic E-state index is -0.183. The molecule has 0 N–H and O–H groups in total. The lowest BCUT2D eigenvalue weighted by Crippen LogP contribution is -2.47. The van der Waals surface area contributed by atoms with Crippen LogP contribution in [0.5, 0.6) is 0 Å². The molecule has 4 nitrogen and oxygen atoms in total. The van der Waals surface area contributed by atoms with Crippen LogP contribution in [0.15, 0.2) is 29.4 Å². The topological polar surface area (TPSA) is 32.3 Å². The van der Waals surface area contributed by atoms with Gasteiger partial charge >= 0.3 is 0 Å². The Kier molecular flexibility index (Phi) is 4.88. The molecule has 1 saturated heterocycles. The molecule has 1 aliphatic carbocycles. The number of fused-ring (bicyclic) bond motifs is 3. The highest BCUT2D eigenvalue weighted by atomic mass is 32.2. The first kappa shape index (κ1) is 18.2. The van der Waals surface area contributed by atoms with Crippen LogP contribution in [0.1, 0.15) is 23.3 Å². The van der Waals surface area contributed by atoms with E-state index in [9.17, 15) is 4.39 Å². The molecule has 0 unspecified atom stereocenters. The quantitative estimate of drug-likeness (QED) is 0.456. The molecule has 0 radical (unpaired) electrons. The van der Waals surface area contributed by atoms with Crippen molar-refractivity contribution in [3.63, 3.8) is 0 Å². The van der Waals surface area contributed by atoms with Crippen LogP contribution in [0.3, 0.4) is 0 Å². The molecule has 5 rings (SSSR count). The molecule has 2 aromatic heterocycles. The number of thiophene rings is 1. The number of benzene rings is 1. The fraction of sp³-hybridized carbons (Fsp3) is 0.429. The van der Waals surface area contributed by atoms with E-state index in [1.807, 2.05) is 29.7 Å². The third kappa shape index (κ3) is 3.24. The number of rotatable bonds is 3. The van der Waals surface area contributed by atoms with E-state index in [0.29, 0.717) is 0 Å². The summed E-state index contributed by atoms with van der Waals surface area (Å²) in [6, 6.07) is 6.82. The van der Waals surface area contributed by atoms with Gasteiger partial charge in [0.2, 0.25) is 0 Å². The highest BCUT2D eigenvalue weighted by Gasteiger charge is 2.26. The summed E-state index contributed by atoms with van der Waals surface area (Å²) in [6.07, 6.45) is 6.93. The molecule has 146 valence electrons. The molecule has 2 aliphatic rings. The van der Waals surface area contributed by atoms with Crippen molar-refractivity contribution in [2.24, 2.45) is 0 Å². The molecule has 7 heteroatoms. The predicted molar refractivity (Wildman–Crippen MR) is 117 cm³/mol. The number of hydrogen-bond donors (Lipinski definition) is 0. The van der Waals surface area contributed by atoms with E-state index < -0.39 is 0 Å². The van der Waals surface area contributed by atoms with Crippen LogP contribution in [0, 0.1) is 5.82 Å². The molecular formula is C21H23FN4S2. The van der Waals surface area contributed by atoms with E-state index in [2.05, 4.69) is 9.80 Å². The number of piperazine rings is 1. The number of anilines is 2. The van der Waals surface area contributed by atoms with E-state index in [-0.39, 0.29) is 5.82 Å². The summed E-state index contributed by atoms with van der Waals surface area (Å²) in [7, 11) is 0. The van der Waals surface area contributed by atoms with Crippen molar-refractivity contribution in [3.8, 4) is 0 Å². The number of thioether (sulfide) groups is 1. The number of hydrogen-bond acceptors (Lipinski definition) is 6. The van der Waals surface area contributed by atoms with E-state index >= 15 is 0 Å². The molecular weight excluding hydrogens is 391 g/mol. The molecule has 0 atom stereocenters. The van der Waals surface area contributed by atoms with Gasteiger partial charge < -0.3 is 9.80 Å². The summed E-state index contributed by atoms with van der Waals surface area (Å²) in [6.45, 7) is 3.67. The zero-order valence-electron chi connectivity index (χ0n) is 15.9. The van der Waals surface area contributed by atoms with Gasteiger partial charge in [0, 0.05) is 36.7 Å². The molecule has 3 heterocycles. The van der Waals surface area contributed by atoms with Crippen LogP contribution in [-0.4, -0.2) is 42.4 Å². The predicted octanol–water partition coefficient (Wildman–Crippen LogP) is 4.76. The van der Waals surface area contributed by atoms with E-state index in [1.54, 1.807) is 11.8 Å². The van der Waals surface area contributed by atoms with Crippen molar-refractivity contribution in [1.29, 1.82) is 0 Å². The van der Waals surface area contributed by atoms with Crippen LogP contribution in [-0.2, 0) is 12.8 Å². The standard InChI is InChI=1S/C21H23FN4S2/c1-27-21-23-19(18-16-4-2-3-5-17(16)28-20(18)24-21)26-12-10-25(11-13-26)15-8-6-14(22)7-9-15/h6-9H,2-5,10-13H2,1H3. The Labute approximate surface area is 172 Å². The Balaban J connectivity index is 1.46. The third-order valence-electron chi connectivity index (χ3n) is 5.73. The smallest absolute Gasteiger partial charge is 0.190 e. The Morgan fingerprint density at radius 2 is 1.68 bits per heavy atom. The summed E-state index contributed by atoms with van der Waals surface area (Å²) in [5, 5.41) is 2.16. The Morgan fingerprint density at radius 3 is 2.43 bits per heavy atom. The van der Waals surface area contributed by atoms with E-state index in [4.69, 9.17) is 9.97 Å². The molecule has 1 aliphatic heterocycles. The Morgan fingerprint density at radius 1 is 0.964 bits per heavy atom. The maximum atomic E-state index is 13.2. The Hall–Kier alpha value is -1.86. The van der Waals surface area contributed by atoms with Crippen molar-refractivity contribution in [3.05, 3.63) is 40.5 Å². The van der Waals surface area contributed by atoms with Crippen molar-refractivity contribution in [1.82, 2.24) is 9.97 Å². The maximum Gasteiger partial charge on any atom is 0.190 e. The number of aryl methyl sites for hydroxylation is 2. The van der Waals surface area contributed by atoms with E-state index in [0.717, 1.165) is 54.1 Å². The summed E-state index contributed by atoms with van der Waals surface area (Å²) in [4.78, 5) is 17.2. The number of halogens is 1. The molecule has 3 aromatic rings. The normalized spacial score (nSPS) is 17.2. The summed E-state index contributed by atoms with van der Waals surface area (Å²) in [5.74, 6) is 0.935. The monoisotopic (exact) mass is 414 g/mol. The van der Waals surface area contributed by atoms with Gasteiger partial charge in [-0.3, -0.25) is 0 Å². The van der Waals surface area contributed by atoms with E-state index in [1.165, 1.54) is 47.2 Å². The van der Waals surface area contributed by atoms with Crippen LogP contribution >= 0.6 is 23.1 Å². The largest absolute Gasteiger partial charge is 0.368 e. The van der Waals surface area contributed by atoms with Gasteiger partial charge in [-0.15, -0.1) is 11.3 Å². The lowest BCUT2D eigenvalue weighted by molar-refractivity contribution is 0.624. The second-order valence-electron chi connectivity index (χ2n) is 7.38. The molecule has 0 amide bonds. The summed E-state index contributed by atoms with van der Waals surface area (Å²) < 4.78 is 13.2. The Bertz CT molecular complexity index is 994. The van der Waals surface area contributed by atoms with Gasteiger partial charge in [0.05, 0.1) is 5.39 Å². The highest BCUT2D eigenvalue weighted by molar-refractivity contribution is 7.98. The zero-order chi connectivity index (χ0) is 19.1. The maximum absolute atomic E-state index is 13.2. The van der Waals surface area contributed by atoms with Crippen molar-refractivity contribution in [2.75, 3.05) is 42.2 Å². The molecule has 0 bridgehead atoms. The summed E-state index contributed by atoms with van der Waals surface area (Å²) >= 11 is 3.49. The average molecular weight is 415 g/mol. The van der Waals surface area contributed by atoms with Crippen molar-refractivity contribution < 1.29 is 4.39 Å². The second kappa shape index (κ2) is 7.52. The first-order chi connectivity index (χ1) is 13.7. The highest BCUT2D eigenvalue weighted by Crippen LogP contribution is 2.40. The van der Waals surface area contributed by atoms with Crippen LogP contribution in [0.25, 0.3) is 10.2 Å². The fourth-order valence-corrected chi connectivity index (χ4v) is 5.94. The second-order valence-corrected chi connectivity index (χ2v) is 9.23. The lowest BCUT2D eigenvalue weighted by atomic mass is 9.97. The first-order valence-electron chi connectivity index (χ1n) is 9.84. The minimum absolute atomic E-state index is 0.183.